The van der Waals surface area contributed by atoms with Gasteiger partial charge in [-0.1, -0.05) is 39.0 Å². The van der Waals surface area contributed by atoms with Crippen molar-refractivity contribution < 1.29 is 19.2 Å². The van der Waals surface area contributed by atoms with E-state index < -0.39 is 17.4 Å². The number of benzene rings is 1. The summed E-state index contributed by atoms with van der Waals surface area (Å²) in [7, 11) is 0. The summed E-state index contributed by atoms with van der Waals surface area (Å²) in [5.41, 5.74) is 5.74. The van der Waals surface area contributed by atoms with Crippen LogP contribution in [0.5, 0.6) is 0 Å². The van der Waals surface area contributed by atoms with E-state index in [4.69, 9.17) is 5.73 Å². The molecule has 2 fully saturated rings. The number of carbonyl (C=O) groups is 4. The average Bonchev–Trinajstić information content (AvgIpc) is 3.21. The molecule has 0 unspecified atom stereocenters. The van der Waals surface area contributed by atoms with Crippen LogP contribution in [0.25, 0.3) is 10.9 Å². The van der Waals surface area contributed by atoms with Crippen LogP contribution in [-0.2, 0) is 20.9 Å². The van der Waals surface area contributed by atoms with E-state index in [-0.39, 0.29) is 48.6 Å². The Hall–Kier alpha value is -3.03. The van der Waals surface area contributed by atoms with Gasteiger partial charge in [0.15, 0.2) is 11.5 Å². The van der Waals surface area contributed by atoms with Crippen molar-refractivity contribution in [2.75, 3.05) is 0 Å². The normalized spacial score (nSPS) is 22.4. The van der Waals surface area contributed by atoms with Gasteiger partial charge in [0.2, 0.25) is 5.91 Å². The second kappa shape index (κ2) is 7.59. The number of aromatic nitrogens is 2. The Bertz CT molecular complexity index is 1080. The maximum Gasteiger partial charge on any atom is 0.269 e. The molecule has 164 valence electrons. The molecule has 0 bridgehead atoms. The zero-order valence-corrected chi connectivity index (χ0v) is 18.1. The number of fused-ring (bicyclic) bond motifs is 2. The SMILES string of the molecule is CC(C)(C)C(=O)CCC(=O)[C@@H]1C[C@H]2C[C@H]2N1C(=O)Cn1nc(C(N)=O)c2ccccc21. The van der Waals surface area contributed by atoms with Crippen molar-refractivity contribution in [3.8, 4) is 0 Å². The third kappa shape index (κ3) is 3.98. The molecule has 0 spiro atoms. The minimum Gasteiger partial charge on any atom is -0.364 e. The Morgan fingerprint density at radius 2 is 1.81 bits per heavy atom. The van der Waals surface area contributed by atoms with E-state index in [9.17, 15) is 19.2 Å². The topological polar surface area (TPSA) is 115 Å². The minimum atomic E-state index is -0.651. The second-order valence-electron chi connectivity index (χ2n) is 9.64. The molecule has 1 aromatic carbocycles. The zero-order chi connectivity index (χ0) is 22.5. The number of rotatable bonds is 7. The maximum atomic E-state index is 13.2. The van der Waals surface area contributed by atoms with E-state index in [1.165, 1.54) is 4.68 Å². The van der Waals surface area contributed by atoms with E-state index >= 15 is 0 Å². The smallest absolute Gasteiger partial charge is 0.269 e. The number of primary amides is 1. The van der Waals surface area contributed by atoms with Crippen molar-refractivity contribution in [1.82, 2.24) is 14.7 Å². The van der Waals surface area contributed by atoms with Crippen molar-refractivity contribution in [2.45, 2.75) is 65.1 Å². The van der Waals surface area contributed by atoms with Crippen molar-refractivity contribution >= 4 is 34.3 Å². The van der Waals surface area contributed by atoms with Crippen LogP contribution in [-0.4, -0.2) is 50.1 Å². The van der Waals surface area contributed by atoms with E-state index in [0.29, 0.717) is 23.2 Å². The molecule has 1 aliphatic heterocycles. The summed E-state index contributed by atoms with van der Waals surface area (Å²) < 4.78 is 1.48. The second-order valence-corrected chi connectivity index (χ2v) is 9.64. The average molecular weight is 425 g/mol. The number of para-hydroxylation sites is 1. The third-order valence-electron chi connectivity index (χ3n) is 6.38. The number of nitrogens with two attached hydrogens (primary N) is 1. The number of nitrogens with zero attached hydrogens (tertiary/aromatic N) is 3. The van der Waals surface area contributed by atoms with Gasteiger partial charge in [0.25, 0.3) is 5.91 Å². The molecule has 1 saturated carbocycles. The lowest BCUT2D eigenvalue weighted by atomic mass is 9.87. The highest BCUT2D eigenvalue weighted by atomic mass is 16.2. The van der Waals surface area contributed by atoms with Crippen LogP contribution >= 0.6 is 0 Å². The van der Waals surface area contributed by atoms with Crippen molar-refractivity contribution in [2.24, 2.45) is 17.1 Å². The van der Waals surface area contributed by atoms with E-state index in [2.05, 4.69) is 5.10 Å². The number of Topliss-reactive ketones (excluding diaryl/α,β-unsaturated/α-hetero) is 2. The quantitative estimate of drug-likeness (QED) is 0.731. The van der Waals surface area contributed by atoms with Crippen LogP contribution in [0.4, 0.5) is 0 Å². The van der Waals surface area contributed by atoms with Crippen LogP contribution in [0.2, 0.25) is 0 Å². The number of hydrogen-bond acceptors (Lipinski definition) is 5. The summed E-state index contributed by atoms with van der Waals surface area (Å²) in [6.07, 6.45) is 1.91. The van der Waals surface area contributed by atoms with Crippen LogP contribution in [0.15, 0.2) is 24.3 Å². The number of carbonyl (C=O) groups excluding carboxylic acids is 4. The minimum absolute atomic E-state index is 0.0453. The third-order valence-corrected chi connectivity index (χ3v) is 6.38. The molecule has 8 nitrogen and oxygen atoms in total. The Morgan fingerprint density at radius 3 is 2.48 bits per heavy atom. The Kier molecular flexibility index (Phi) is 5.19. The molecule has 4 rings (SSSR count). The number of amides is 2. The van der Waals surface area contributed by atoms with Gasteiger partial charge in [-0.25, -0.2) is 0 Å². The molecular formula is C23H28N4O4. The molecular weight excluding hydrogens is 396 g/mol. The van der Waals surface area contributed by atoms with Gasteiger partial charge < -0.3 is 10.6 Å². The summed E-state index contributed by atoms with van der Waals surface area (Å²) in [6, 6.07) is 6.72. The molecule has 2 N–H and O–H groups in total. The molecule has 1 aliphatic carbocycles. The van der Waals surface area contributed by atoms with Gasteiger partial charge in [0.1, 0.15) is 12.3 Å². The van der Waals surface area contributed by atoms with Gasteiger partial charge in [-0.2, -0.15) is 5.10 Å². The van der Waals surface area contributed by atoms with Crippen molar-refractivity contribution in [1.29, 1.82) is 0 Å². The van der Waals surface area contributed by atoms with Crippen LogP contribution < -0.4 is 5.73 Å². The molecule has 1 saturated heterocycles. The Morgan fingerprint density at radius 1 is 1.10 bits per heavy atom. The predicted octanol–water partition coefficient (Wildman–Crippen LogP) is 2.09. The summed E-state index contributed by atoms with van der Waals surface area (Å²) in [5, 5.41) is 4.86. The molecule has 2 aromatic rings. The molecule has 0 radical (unpaired) electrons. The van der Waals surface area contributed by atoms with Crippen LogP contribution in [0, 0.1) is 11.3 Å². The summed E-state index contributed by atoms with van der Waals surface area (Å²) >= 11 is 0. The number of ketones is 2. The predicted molar refractivity (Wildman–Crippen MR) is 114 cm³/mol. The molecule has 8 heteroatoms. The Labute approximate surface area is 180 Å². The van der Waals surface area contributed by atoms with E-state index in [1.807, 2.05) is 20.8 Å². The lowest BCUT2D eigenvalue weighted by molar-refractivity contribution is -0.140. The largest absolute Gasteiger partial charge is 0.364 e. The first kappa shape index (κ1) is 21.2. The highest BCUT2D eigenvalue weighted by molar-refractivity contribution is 6.04. The first-order chi connectivity index (χ1) is 14.6. The molecule has 31 heavy (non-hydrogen) atoms. The maximum absolute atomic E-state index is 13.2. The van der Waals surface area contributed by atoms with Crippen molar-refractivity contribution in [3.05, 3.63) is 30.0 Å². The Balaban J connectivity index is 1.50. The number of hydrogen-bond donors (Lipinski definition) is 1. The lowest BCUT2D eigenvalue weighted by Gasteiger charge is -2.27. The van der Waals surface area contributed by atoms with Gasteiger partial charge in [-0.15, -0.1) is 0 Å². The monoisotopic (exact) mass is 424 g/mol. The van der Waals surface area contributed by atoms with Gasteiger partial charge in [0, 0.05) is 29.7 Å². The molecule has 2 heterocycles. The molecule has 2 amide bonds. The highest BCUT2D eigenvalue weighted by Crippen LogP contribution is 2.48. The fourth-order valence-electron chi connectivity index (χ4n) is 4.52. The first-order valence-corrected chi connectivity index (χ1v) is 10.7. The van der Waals surface area contributed by atoms with Crippen molar-refractivity contribution in [3.63, 3.8) is 0 Å². The highest BCUT2D eigenvalue weighted by Gasteiger charge is 2.55. The lowest BCUT2D eigenvalue weighted by Crippen LogP contribution is -2.45. The fraction of sp³-hybridized carbons (Fsp3) is 0.522. The fourth-order valence-corrected chi connectivity index (χ4v) is 4.52. The summed E-state index contributed by atoms with van der Waals surface area (Å²) in [5.74, 6) is -0.505. The van der Waals surface area contributed by atoms with Crippen LogP contribution in [0.3, 0.4) is 0 Å². The van der Waals surface area contributed by atoms with Crippen LogP contribution in [0.1, 0.15) is 56.9 Å². The van der Waals surface area contributed by atoms with E-state index in [1.54, 1.807) is 29.2 Å². The number of piperidine rings is 1. The summed E-state index contributed by atoms with van der Waals surface area (Å²) in [4.78, 5) is 51.8. The summed E-state index contributed by atoms with van der Waals surface area (Å²) in [6.45, 7) is 5.46. The standard InChI is InChI=1S/C23H28N4O4/c1-23(2,3)19(29)9-8-18(28)17-11-13-10-16(13)27(17)20(30)12-26-15-7-5-4-6-14(15)21(25-26)22(24)31/h4-7,13,16-17H,8-12H2,1-3H3,(H2,24,31)/t13-,16-,17+/m1/s1. The first-order valence-electron chi connectivity index (χ1n) is 10.7. The molecule has 3 atom stereocenters. The number of likely N-dealkylation sites (tertiary alicyclic amines) is 1. The van der Waals surface area contributed by atoms with Gasteiger partial charge in [-0.05, 0) is 24.8 Å². The van der Waals surface area contributed by atoms with Gasteiger partial charge >= 0.3 is 0 Å². The zero-order valence-electron chi connectivity index (χ0n) is 18.1. The molecule has 2 aliphatic rings. The van der Waals surface area contributed by atoms with E-state index in [0.717, 1.165) is 6.42 Å². The van der Waals surface area contributed by atoms with Gasteiger partial charge in [0.05, 0.1) is 11.6 Å². The van der Waals surface area contributed by atoms with Gasteiger partial charge in [-0.3, -0.25) is 23.9 Å². The molecule has 1 aromatic heterocycles.